The highest BCUT2D eigenvalue weighted by molar-refractivity contribution is 5.94. The highest BCUT2D eigenvalue weighted by Crippen LogP contribution is 2.38. The van der Waals surface area contributed by atoms with Gasteiger partial charge in [0.15, 0.2) is 11.5 Å². The van der Waals surface area contributed by atoms with E-state index in [2.05, 4.69) is 32.4 Å². The van der Waals surface area contributed by atoms with Gasteiger partial charge in [-0.2, -0.15) is 5.10 Å². The van der Waals surface area contributed by atoms with Crippen LogP contribution < -0.4 is 4.90 Å². The zero-order valence-corrected chi connectivity index (χ0v) is 14.9. The molecule has 7 heteroatoms. The normalized spacial score (nSPS) is 20.2. The van der Waals surface area contributed by atoms with Crippen LogP contribution in [-0.4, -0.2) is 52.3 Å². The lowest BCUT2D eigenvalue weighted by molar-refractivity contribution is 0.0735. The summed E-state index contributed by atoms with van der Waals surface area (Å²) < 4.78 is 5.40. The number of aryl methyl sites for hydroxylation is 1. The number of piperazine rings is 1. The zero-order chi connectivity index (χ0) is 17.5. The van der Waals surface area contributed by atoms with Crippen LogP contribution >= 0.6 is 0 Å². The van der Waals surface area contributed by atoms with Crippen molar-refractivity contribution in [3.8, 4) is 0 Å². The Morgan fingerprint density at radius 3 is 2.58 bits per heavy atom. The summed E-state index contributed by atoms with van der Waals surface area (Å²) in [6, 6.07) is 4.16. The van der Waals surface area contributed by atoms with Gasteiger partial charge in [0.2, 0.25) is 0 Å². The molecular weight excluding hydrogens is 330 g/mol. The van der Waals surface area contributed by atoms with E-state index in [0.717, 1.165) is 61.6 Å². The molecule has 1 saturated heterocycles. The molecule has 0 N–H and O–H groups in total. The summed E-state index contributed by atoms with van der Waals surface area (Å²) in [5.41, 5.74) is 2.67. The van der Waals surface area contributed by atoms with Gasteiger partial charge in [0.25, 0.3) is 5.91 Å². The maximum atomic E-state index is 12.9. The summed E-state index contributed by atoms with van der Waals surface area (Å²) in [6.45, 7) is 2.88. The molecule has 136 valence electrons. The predicted octanol–water partition coefficient (Wildman–Crippen LogP) is 2.18. The fourth-order valence-corrected chi connectivity index (χ4v) is 3.94. The lowest BCUT2D eigenvalue weighted by Crippen LogP contribution is -2.49. The van der Waals surface area contributed by atoms with Gasteiger partial charge in [0, 0.05) is 44.1 Å². The van der Waals surface area contributed by atoms with E-state index in [0.29, 0.717) is 24.7 Å². The molecule has 2 aliphatic carbocycles. The quantitative estimate of drug-likeness (QED) is 0.842. The zero-order valence-electron chi connectivity index (χ0n) is 14.9. The van der Waals surface area contributed by atoms with Crippen LogP contribution in [0.25, 0.3) is 0 Å². The van der Waals surface area contributed by atoms with Crippen molar-refractivity contribution in [1.82, 2.24) is 20.3 Å². The van der Waals surface area contributed by atoms with Crippen molar-refractivity contribution < 1.29 is 9.32 Å². The summed E-state index contributed by atoms with van der Waals surface area (Å²) in [4.78, 5) is 16.9. The van der Waals surface area contributed by atoms with Gasteiger partial charge in [-0.05, 0) is 44.2 Å². The first-order valence-electron chi connectivity index (χ1n) is 9.65. The van der Waals surface area contributed by atoms with E-state index in [1.807, 2.05) is 4.90 Å². The molecule has 0 aromatic carbocycles. The first-order valence-corrected chi connectivity index (χ1v) is 9.65. The minimum atomic E-state index is 0.00622. The third-order valence-corrected chi connectivity index (χ3v) is 5.71. The molecule has 0 bridgehead atoms. The Balaban J connectivity index is 1.24. The monoisotopic (exact) mass is 353 g/mol. The average Bonchev–Trinajstić information content (AvgIpc) is 3.47. The number of fused-ring (bicyclic) bond motifs is 1. The molecule has 3 aliphatic rings. The smallest absolute Gasteiger partial charge is 0.276 e. The number of carbonyl (C=O) groups excluding carboxylic acids is 1. The fraction of sp³-hybridized carbons (Fsp3) is 0.579. The number of carbonyl (C=O) groups is 1. The van der Waals surface area contributed by atoms with E-state index < -0.39 is 0 Å². The summed E-state index contributed by atoms with van der Waals surface area (Å²) in [5, 5.41) is 12.8. The van der Waals surface area contributed by atoms with Gasteiger partial charge in [-0.25, -0.2) is 0 Å². The van der Waals surface area contributed by atoms with Crippen molar-refractivity contribution in [2.45, 2.75) is 44.4 Å². The van der Waals surface area contributed by atoms with Crippen molar-refractivity contribution in [3.05, 3.63) is 34.8 Å². The fourth-order valence-electron chi connectivity index (χ4n) is 3.94. The summed E-state index contributed by atoms with van der Waals surface area (Å²) >= 11 is 0. The second kappa shape index (κ2) is 6.37. The predicted molar refractivity (Wildman–Crippen MR) is 95.3 cm³/mol. The van der Waals surface area contributed by atoms with Crippen molar-refractivity contribution in [1.29, 1.82) is 0 Å². The largest absolute Gasteiger partial charge is 0.360 e. The number of rotatable bonds is 3. The van der Waals surface area contributed by atoms with E-state index >= 15 is 0 Å². The number of amides is 1. The SMILES string of the molecule is O=C(c1noc2c1CCCC2)N1CCN(c2ccc(C3CC3)nn2)CC1. The molecule has 0 radical (unpaired) electrons. The highest BCUT2D eigenvalue weighted by Gasteiger charge is 2.30. The third kappa shape index (κ3) is 2.85. The van der Waals surface area contributed by atoms with E-state index in [-0.39, 0.29) is 5.91 Å². The molecule has 2 aromatic rings. The Labute approximate surface area is 152 Å². The molecule has 2 aromatic heterocycles. The first-order chi connectivity index (χ1) is 12.8. The van der Waals surface area contributed by atoms with E-state index in [9.17, 15) is 4.79 Å². The molecule has 1 amide bonds. The molecule has 0 unspecified atom stereocenters. The number of nitrogens with zero attached hydrogens (tertiary/aromatic N) is 5. The molecule has 1 aliphatic heterocycles. The van der Waals surface area contributed by atoms with Crippen LogP contribution in [-0.2, 0) is 12.8 Å². The van der Waals surface area contributed by atoms with Gasteiger partial charge >= 0.3 is 0 Å². The molecule has 5 rings (SSSR count). The second-order valence-electron chi connectivity index (χ2n) is 7.51. The molecule has 26 heavy (non-hydrogen) atoms. The van der Waals surface area contributed by atoms with Gasteiger partial charge in [0.05, 0.1) is 5.69 Å². The van der Waals surface area contributed by atoms with E-state index in [4.69, 9.17) is 4.52 Å². The Morgan fingerprint density at radius 1 is 1.04 bits per heavy atom. The van der Waals surface area contributed by atoms with Crippen LogP contribution in [0.3, 0.4) is 0 Å². The lowest BCUT2D eigenvalue weighted by Gasteiger charge is -2.35. The molecule has 7 nitrogen and oxygen atoms in total. The molecule has 0 spiro atoms. The Bertz CT molecular complexity index is 804. The summed E-state index contributed by atoms with van der Waals surface area (Å²) in [7, 11) is 0. The maximum absolute atomic E-state index is 12.9. The van der Waals surface area contributed by atoms with Crippen molar-refractivity contribution in [2.24, 2.45) is 0 Å². The summed E-state index contributed by atoms with van der Waals surface area (Å²) in [6.07, 6.45) is 6.51. The van der Waals surface area contributed by atoms with Crippen LogP contribution in [0.1, 0.15) is 59.1 Å². The molecule has 3 heterocycles. The second-order valence-corrected chi connectivity index (χ2v) is 7.51. The standard InChI is InChI=1S/C19H23N5O2/c25-19(18-14-3-1-2-4-16(14)26-22-18)24-11-9-23(10-12-24)17-8-7-15(20-21-17)13-5-6-13/h7-8,13H,1-6,9-12H2. The first kappa shape index (κ1) is 15.8. The minimum absolute atomic E-state index is 0.00622. The molecule has 1 saturated carbocycles. The Kier molecular flexibility index (Phi) is 3.87. The Hall–Kier alpha value is -2.44. The topological polar surface area (TPSA) is 75.4 Å². The molecular formula is C19H23N5O2. The lowest BCUT2D eigenvalue weighted by atomic mass is 9.96. The van der Waals surface area contributed by atoms with Crippen molar-refractivity contribution in [3.63, 3.8) is 0 Å². The Morgan fingerprint density at radius 2 is 1.85 bits per heavy atom. The van der Waals surface area contributed by atoms with Gasteiger partial charge in [0.1, 0.15) is 5.76 Å². The van der Waals surface area contributed by atoms with E-state index in [1.54, 1.807) is 0 Å². The number of hydrogen-bond acceptors (Lipinski definition) is 6. The molecule has 2 fully saturated rings. The van der Waals surface area contributed by atoms with Crippen LogP contribution in [0.5, 0.6) is 0 Å². The number of hydrogen-bond donors (Lipinski definition) is 0. The van der Waals surface area contributed by atoms with Crippen LogP contribution in [0.4, 0.5) is 5.82 Å². The van der Waals surface area contributed by atoms with Gasteiger partial charge in [-0.3, -0.25) is 4.79 Å². The third-order valence-electron chi connectivity index (χ3n) is 5.71. The number of aromatic nitrogens is 3. The van der Waals surface area contributed by atoms with Crippen molar-refractivity contribution >= 4 is 11.7 Å². The van der Waals surface area contributed by atoms with Gasteiger partial charge in [-0.1, -0.05) is 5.16 Å². The summed E-state index contributed by atoms with van der Waals surface area (Å²) in [5.74, 6) is 2.44. The van der Waals surface area contributed by atoms with Crippen LogP contribution in [0, 0.1) is 0 Å². The highest BCUT2D eigenvalue weighted by atomic mass is 16.5. The van der Waals surface area contributed by atoms with Crippen LogP contribution in [0.15, 0.2) is 16.7 Å². The van der Waals surface area contributed by atoms with Crippen molar-refractivity contribution in [2.75, 3.05) is 31.1 Å². The number of anilines is 1. The van der Waals surface area contributed by atoms with Crippen LogP contribution in [0.2, 0.25) is 0 Å². The van der Waals surface area contributed by atoms with Gasteiger partial charge in [-0.15, -0.1) is 5.10 Å². The minimum Gasteiger partial charge on any atom is -0.360 e. The maximum Gasteiger partial charge on any atom is 0.276 e. The molecule has 0 atom stereocenters. The average molecular weight is 353 g/mol. The van der Waals surface area contributed by atoms with Gasteiger partial charge < -0.3 is 14.3 Å². The van der Waals surface area contributed by atoms with E-state index in [1.165, 1.54) is 12.8 Å².